The number of benzene rings is 2. The number of hydrogen-bond donors (Lipinski definition) is 1. The zero-order valence-electron chi connectivity index (χ0n) is 13.5. The molecule has 1 heterocycles. The lowest BCUT2D eigenvalue weighted by atomic mass is 10.0. The molecule has 0 fully saturated rings. The number of hydrogen-bond acceptors (Lipinski definition) is 1. The highest BCUT2D eigenvalue weighted by molar-refractivity contribution is 6.88. The van der Waals surface area contributed by atoms with E-state index in [0.717, 1.165) is 22.2 Å². The van der Waals surface area contributed by atoms with Crippen molar-refractivity contribution in [2.45, 2.75) is 26.6 Å². The van der Waals surface area contributed by atoms with Crippen LogP contribution in [0.25, 0.3) is 22.2 Å². The Kier molecular flexibility index (Phi) is 3.53. The van der Waals surface area contributed by atoms with Crippen LogP contribution in [0.5, 0.6) is 0 Å². The second-order valence-corrected chi connectivity index (χ2v) is 11.9. The maximum atomic E-state index is 12.3. The van der Waals surface area contributed by atoms with Crippen LogP contribution >= 0.6 is 0 Å². The fraction of sp³-hybridized carbons (Fsp3) is 0.211. The Labute approximate surface area is 131 Å². The van der Waals surface area contributed by atoms with Gasteiger partial charge in [0.05, 0.1) is 8.07 Å². The molecule has 3 heteroatoms. The van der Waals surface area contributed by atoms with Gasteiger partial charge in [0.25, 0.3) is 0 Å². The highest BCUT2D eigenvalue weighted by Crippen LogP contribution is 2.22. The fourth-order valence-corrected chi connectivity index (χ4v) is 4.01. The molecular weight excluding hydrogens is 286 g/mol. The number of H-pyrrole nitrogens is 1. The Morgan fingerprint density at radius 2 is 1.68 bits per heavy atom. The summed E-state index contributed by atoms with van der Waals surface area (Å²) in [7, 11) is -1.32. The zero-order chi connectivity index (χ0) is 15.9. The van der Waals surface area contributed by atoms with Crippen molar-refractivity contribution in [3.8, 4) is 11.3 Å². The molecule has 2 aromatic carbocycles. The van der Waals surface area contributed by atoms with E-state index in [9.17, 15) is 4.79 Å². The van der Waals surface area contributed by atoms with E-state index in [1.54, 1.807) is 6.07 Å². The minimum atomic E-state index is -1.32. The van der Waals surface area contributed by atoms with Crippen LogP contribution in [0.3, 0.4) is 0 Å². The number of para-hydroxylation sites is 1. The van der Waals surface area contributed by atoms with Gasteiger partial charge in [-0.05, 0) is 24.6 Å². The first-order chi connectivity index (χ1) is 10.4. The summed E-state index contributed by atoms with van der Waals surface area (Å²) in [6.45, 7) is 9.16. The van der Waals surface area contributed by atoms with Gasteiger partial charge in [0.1, 0.15) is 0 Å². The molecule has 0 radical (unpaired) electrons. The highest BCUT2D eigenvalue weighted by atomic mass is 28.3. The standard InChI is InChI=1S/C19H21NOSi/c1-13-11-14(22(2,3)4)9-10-15(13)18-12-19(21)16-7-5-6-8-17(16)20-18/h5-12H,1-4H3,(H,20,21). The zero-order valence-corrected chi connectivity index (χ0v) is 14.5. The van der Waals surface area contributed by atoms with Gasteiger partial charge in [-0.15, -0.1) is 0 Å². The van der Waals surface area contributed by atoms with Crippen LogP contribution in [0.15, 0.2) is 53.3 Å². The van der Waals surface area contributed by atoms with E-state index >= 15 is 0 Å². The van der Waals surface area contributed by atoms with Crippen LogP contribution in [0.4, 0.5) is 0 Å². The van der Waals surface area contributed by atoms with Crippen LogP contribution in [0.2, 0.25) is 19.6 Å². The first-order valence-electron chi connectivity index (χ1n) is 7.60. The van der Waals surface area contributed by atoms with Gasteiger partial charge in [0.2, 0.25) is 0 Å². The summed E-state index contributed by atoms with van der Waals surface area (Å²) >= 11 is 0. The Hall–Kier alpha value is -2.13. The van der Waals surface area contributed by atoms with Crippen molar-refractivity contribution in [3.63, 3.8) is 0 Å². The fourth-order valence-electron chi connectivity index (χ4n) is 2.77. The van der Waals surface area contributed by atoms with Crippen LogP contribution in [-0.4, -0.2) is 13.1 Å². The van der Waals surface area contributed by atoms with Gasteiger partial charge in [-0.1, -0.05) is 55.2 Å². The predicted molar refractivity (Wildman–Crippen MR) is 97.7 cm³/mol. The topological polar surface area (TPSA) is 32.9 Å². The lowest BCUT2D eigenvalue weighted by molar-refractivity contribution is 1.35. The van der Waals surface area contributed by atoms with Crippen LogP contribution in [0, 0.1) is 6.92 Å². The minimum Gasteiger partial charge on any atom is -0.354 e. The Bertz CT molecular complexity index is 903. The van der Waals surface area contributed by atoms with Crippen molar-refractivity contribution >= 4 is 24.2 Å². The Balaban J connectivity index is 2.18. The SMILES string of the molecule is Cc1cc([Si](C)(C)C)ccc1-c1cc(=O)c2ccccc2[nH]1. The lowest BCUT2D eigenvalue weighted by Gasteiger charge is -2.18. The largest absolute Gasteiger partial charge is 0.354 e. The van der Waals surface area contributed by atoms with Gasteiger partial charge >= 0.3 is 0 Å². The third-order valence-electron chi connectivity index (χ3n) is 4.12. The van der Waals surface area contributed by atoms with E-state index in [-0.39, 0.29) is 5.43 Å². The smallest absolute Gasteiger partial charge is 0.190 e. The molecule has 3 aromatic rings. The maximum absolute atomic E-state index is 12.3. The first-order valence-corrected chi connectivity index (χ1v) is 11.1. The third kappa shape index (κ3) is 2.64. The van der Waals surface area contributed by atoms with E-state index in [1.807, 2.05) is 24.3 Å². The number of aromatic amines is 1. The second-order valence-electron chi connectivity index (χ2n) is 6.87. The summed E-state index contributed by atoms with van der Waals surface area (Å²) in [6, 6.07) is 16.0. The number of nitrogens with one attached hydrogen (secondary N) is 1. The van der Waals surface area contributed by atoms with Gasteiger partial charge in [-0.3, -0.25) is 4.79 Å². The molecule has 0 atom stereocenters. The van der Waals surface area contributed by atoms with Gasteiger partial charge < -0.3 is 4.98 Å². The average Bonchev–Trinajstić information content (AvgIpc) is 2.46. The molecule has 1 aromatic heterocycles. The van der Waals surface area contributed by atoms with E-state index in [2.05, 4.69) is 49.7 Å². The summed E-state index contributed by atoms with van der Waals surface area (Å²) in [6.07, 6.45) is 0. The van der Waals surface area contributed by atoms with Crippen LogP contribution < -0.4 is 10.6 Å². The van der Waals surface area contributed by atoms with Crippen molar-refractivity contribution in [3.05, 3.63) is 64.3 Å². The molecule has 0 aliphatic heterocycles. The molecule has 112 valence electrons. The van der Waals surface area contributed by atoms with E-state index in [0.29, 0.717) is 0 Å². The average molecular weight is 307 g/mol. The van der Waals surface area contributed by atoms with Gasteiger partial charge in [0, 0.05) is 28.2 Å². The quantitative estimate of drug-likeness (QED) is 0.712. The summed E-state index contributed by atoms with van der Waals surface area (Å²) in [5, 5.41) is 2.18. The number of pyridine rings is 1. The number of aryl methyl sites for hydroxylation is 1. The number of rotatable bonds is 2. The molecule has 0 saturated carbocycles. The lowest BCUT2D eigenvalue weighted by Crippen LogP contribution is -2.37. The molecule has 0 aliphatic rings. The molecule has 0 spiro atoms. The summed E-state index contributed by atoms with van der Waals surface area (Å²) in [4.78, 5) is 15.7. The van der Waals surface area contributed by atoms with E-state index in [1.165, 1.54) is 10.8 Å². The molecular formula is C19H21NOSi. The monoisotopic (exact) mass is 307 g/mol. The molecule has 2 nitrogen and oxygen atoms in total. The molecule has 1 N–H and O–H groups in total. The molecule has 3 rings (SSSR count). The minimum absolute atomic E-state index is 0.0676. The summed E-state index contributed by atoms with van der Waals surface area (Å²) in [5.74, 6) is 0. The molecule has 22 heavy (non-hydrogen) atoms. The summed E-state index contributed by atoms with van der Waals surface area (Å²) in [5.41, 5.74) is 4.16. The van der Waals surface area contributed by atoms with Crippen LogP contribution in [0.1, 0.15) is 5.56 Å². The molecule has 0 aliphatic carbocycles. The number of aromatic nitrogens is 1. The molecule has 0 unspecified atom stereocenters. The number of fused-ring (bicyclic) bond motifs is 1. The van der Waals surface area contributed by atoms with Crippen molar-refractivity contribution in [1.82, 2.24) is 4.98 Å². The predicted octanol–water partition coefficient (Wildman–Crippen LogP) is 4.05. The third-order valence-corrected chi connectivity index (χ3v) is 6.16. The molecule has 0 amide bonds. The van der Waals surface area contributed by atoms with Gasteiger partial charge in [-0.25, -0.2) is 0 Å². The van der Waals surface area contributed by atoms with E-state index < -0.39 is 8.07 Å². The van der Waals surface area contributed by atoms with Crippen molar-refractivity contribution in [2.24, 2.45) is 0 Å². The summed E-state index contributed by atoms with van der Waals surface area (Å²) < 4.78 is 0. The van der Waals surface area contributed by atoms with E-state index in [4.69, 9.17) is 0 Å². The normalized spacial score (nSPS) is 11.8. The highest BCUT2D eigenvalue weighted by Gasteiger charge is 2.17. The Morgan fingerprint density at radius 3 is 2.36 bits per heavy atom. The Morgan fingerprint density at radius 1 is 0.955 bits per heavy atom. The van der Waals surface area contributed by atoms with Gasteiger partial charge in [-0.2, -0.15) is 0 Å². The molecule has 0 saturated heterocycles. The molecule has 0 bridgehead atoms. The van der Waals surface area contributed by atoms with Crippen molar-refractivity contribution in [1.29, 1.82) is 0 Å². The van der Waals surface area contributed by atoms with Crippen molar-refractivity contribution in [2.75, 3.05) is 0 Å². The maximum Gasteiger partial charge on any atom is 0.190 e. The second kappa shape index (κ2) is 5.25. The van der Waals surface area contributed by atoms with Gasteiger partial charge in [0.15, 0.2) is 5.43 Å². The van der Waals surface area contributed by atoms with Crippen molar-refractivity contribution < 1.29 is 0 Å². The van der Waals surface area contributed by atoms with Crippen LogP contribution in [-0.2, 0) is 0 Å². The first kappa shape index (κ1) is 14.8.